The number of methoxy groups -OCH3 is 1. The normalized spacial score (nSPS) is 12.3. The minimum atomic E-state index is 0.0935. The fraction of sp³-hybridized carbons (Fsp3) is 0.562. The fourth-order valence-corrected chi connectivity index (χ4v) is 2.37. The van der Waals surface area contributed by atoms with Gasteiger partial charge in [0.25, 0.3) is 0 Å². The number of carbonyl (C=O) groups excluding carboxylic acids is 1. The van der Waals surface area contributed by atoms with Gasteiger partial charge in [0.2, 0.25) is 0 Å². The molecule has 0 saturated heterocycles. The van der Waals surface area contributed by atoms with Gasteiger partial charge in [0.15, 0.2) is 23.7 Å². The number of nitrogens with two attached hydrogens (primary N) is 1. The van der Waals surface area contributed by atoms with E-state index >= 15 is 0 Å². The molecule has 2 N–H and O–H groups in total. The molecular formula is C16H26N2O3S. The number of rotatable bonds is 10. The van der Waals surface area contributed by atoms with Crippen molar-refractivity contribution in [2.24, 2.45) is 11.8 Å². The Morgan fingerprint density at radius 1 is 1.41 bits per heavy atom. The zero-order chi connectivity index (χ0) is 16.5. The highest BCUT2D eigenvalue weighted by Crippen LogP contribution is 2.31. The topological polar surface area (TPSA) is 64.8 Å². The van der Waals surface area contributed by atoms with Crippen LogP contribution in [-0.4, -0.2) is 24.4 Å². The van der Waals surface area contributed by atoms with E-state index in [0.717, 1.165) is 37.1 Å². The van der Waals surface area contributed by atoms with Gasteiger partial charge in [-0.1, -0.05) is 32.8 Å². The maximum Gasteiger partial charge on any atom is 0.181 e. The van der Waals surface area contributed by atoms with Crippen LogP contribution in [-0.2, 0) is 11.2 Å². The molecule has 0 aliphatic rings. The Morgan fingerprint density at radius 2 is 2.14 bits per heavy atom. The molecule has 0 aliphatic carbocycles. The summed E-state index contributed by atoms with van der Waals surface area (Å²) in [6, 6.07) is 5.54. The molecule has 0 amide bonds. The molecule has 0 heterocycles. The average Bonchev–Trinajstić information content (AvgIpc) is 2.50. The standard InChI is InChI=1S/C16H26N2O3S/c1-5-6-7-12(2)14(19)10-13-8-9-15(20-4)16(11-13)21-22-18(3)17/h8-9,11-12H,5-7,10,17H2,1-4H3. The minimum absolute atomic E-state index is 0.0935. The molecule has 0 radical (unpaired) electrons. The first kappa shape index (κ1) is 18.8. The van der Waals surface area contributed by atoms with E-state index < -0.39 is 0 Å². The lowest BCUT2D eigenvalue weighted by molar-refractivity contribution is -0.121. The molecule has 1 unspecified atom stereocenters. The summed E-state index contributed by atoms with van der Waals surface area (Å²) < 4.78 is 12.1. The molecule has 5 nitrogen and oxygen atoms in total. The molecule has 0 fully saturated rings. The highest BCUT2D eigenvalue weighted by molar-refractivity contribution is 7.92. The van der Waals surface area contributed by atoms with Crippen molar-refractivity contribution >= 4 is 18.0 Å². The first-order chi connectivity index (χ1) is 10.5. The van der Waals surface area contributed by atoms with Crippen LogP contribution in [0.4, 0.5) is 0 Å². The predicted molar refractivity (Wildman–Crippen MR) is 90.6 cm³/mol. The predicted octanol–water partition coefficient (Wildman–Crippen LogP) is 3.38. The van der Waals surface area contributed by atoms with E-state index in [2.05, 4.69) is 6.92 Å². The van der Waals surface area contributed by atoms with Crippen LogP contribution in [0.5, 0.6) is 11.5 Å². The second-order valence-corrected chi connectivity index (χ2v) is 6.27. The Morgan fingerprint density at radius 3 is 2.73 bits per heavy atom. The Labute approximate surface area is 137 Å². The van der Waals surface area contributed by atoms with Gasteiger partial charge in [-0.25, -0.2) is 0 Å². The summed E-state index contributed by atoms with van der Waals surface area (Å²) >= 11 is 1.01. The summed E-state index contributed by atoms with van der Waals surface area (Å²) in [5.41, 5.74) is 0.921. The van der Waals surface area contributed by atoms with Crippen molar-refractivity contribution in [1.29, 1.82) is 0 Å². The number of hydrazine groups is 1. The Kier molecular flexibility index (Phi) is 8.30. The van der Waals surface area contributed by atoms with Crippen LogP contribution in [0.1, 0.15) is 38.7 Å². The van der Waals surface area contributed by atoms with E-state index in [1.807, 2.05) is 25.1 Å². The van der Waals surface area contributed by atoms with E-state index in [0.29, 0.717) is 17.9 Å². The number of unbranched alkanes of at least 4 members (excludes halogenated alkanes) is 1. The molecular weight excluding hydrogens is 300 g/mol. The number of carbonyl (C=O) groups is 1. The van der Waals surface area contributed by atoms with Gasteiger partial charge in [0.1, 0.15) is 5.78 Å². The van der Waals surface area contributed by atoms with Gasteiger partial charge in [-0.2, -0.15) is 4.41 Å². The van der Waals surface area contributed by atoms with Gasteiger partial charge >= 0.3 is 0 Å². The van der Waals surface area contributed by atoms with Gasteiger partial charge in [-0.05, 0) is 24.1 Å². The quantitative estimate of drug-likeness (QED) is 0.308. The first-order valence-electron chi connectivity index (χ1n) is 7.50. The SMILES string of the molecule is CCCCC(C)C(=O)Cc1ccc(OC)c(OSN(C)N)c1. The van der Waals surface area contributed by atoms with Gasteiger partial charge in [-0.15, -0.1) is 0 Å². The van der Waals surface area contributed by atoms with Crippen LogP contribution in [0.2, 0.25) is 0 Å². The van der Waals surface area contributed by atoms with Crippen molar-refractivity contribution in [3.63, 3.8) is 0 Å². The van der Waals surface area contributed by atoms with Gasteiger partial charge in [0.05, 0.1) is 7.11 Å². The first-order valence-corrected chi connectivity index (χ1v) is 8.20. The lowest BCUT2D eigenvalue weighted by atomic mass is 9.95. The van der Waals surface area contributed by atoms with Crippen molar-refractivity contribution in [2.45, 2.75) is 39.5 Å². The highest BCUT2D eigenvalue weighted by Gasteiger charge is 2.15. The molecule has 1 aromatic rings. The van der Waals surface area contributed by atoms with Crippen LogP contribution in [0, 0.1) is 5.92 Å². The van der Waals surface area contributed by atoms with Gasteiger partial charge in [0, 0.05) is 19.4 Å². The Bertz CT molecular complexity index is 480. The maximum absolute atomic E-state index is 12.2. The number of ketones is 1. The molecule has 1 rings (SSSR count). The maximum atomic E-state index is 12.2. The summed E-state index contributed by atoms with van der Waals surface area (Å²) in [6.07, 6.45) is 3.56. The minimum Gasteiger partial charge on any atom is -0.493 e. The molecule has 1 aromatic carbocycles. The Hall–Kier alpha value is -1.24. The van der Waals surface area contributed by atoms with Crippen LogP contribution < -0.4 is 14.8 Å². The number of benzene rings is 1. The van der Waals surface area contributed by atoms with Crippen LogP contribution in [0.25, 0.3) is 0 Å². The van der Waals surface area contributed by atoms with Crippen molar-refractivity contribution in [2.75, 3.05) is 14.2 Å². The summed E-state index contributed by atoms with van der Waals surface area (Å²) in [6.45, 7) is 4.13. The van der Waals surface area contributed by atoms with E-state index in [9.17, 15) is 4.79 Å². The summed E-state index contributed by atoms with van der Waals surface area (Å²) in [5, 5.41) is 0. The third-order valence-corrected chi connectivity index (χ3v) is 3.88. The molecule has 0 saturated carbocycles. The number of hydrogen-bond acceptors (Lipinski definition) is 6. The van der Waals surface area contributed by atoms with Crippen molar-refractivity contribution in [3.05, 3.63) is 23.8 Å². The molecule has 0 spiro atoms. The third-order valence-electron chi connectivity index (χ3n) is 3.39. The third kappa shape index (κ3) is 6.25. The Balaban J connectivity index is 2.74. The van der Waals surface area contributed by atoms with E-state index in [-0.39, 0.29) is 11.7 Å². The monoisotopic (exact) mass is 326 g/mol. The van der Waals surface area contributed by atoms with Crippen LogP contribution in [0.15, 0.2) is 18.2 Å². The van der Waals surface area contributed by atoms with E-state index in [4.69, 9.17) is 14.8 Å². The second-order valence-electron chi connectivity index (χ2n) is 5.38. The van der Waals surface area contributed by atoms with Crippen molar-refractivity contribution in [3.8, 4) is 11.5 Å². The van der Waals surface area contributed by atoms with Crippen molar-refractivity contribution < 1.29 is 13.7 Å². The number of nitrogens with zero attached hydrogens (tertiary/aromatic N) is 1. The molecule has 1 atom stereocenters. The lowest BCUT2D eigenvalue weighted by Gasteiger charge is -2.14. The average molecular weight is 326 g/mol. The van der Waals surface area contributed by atoms with Gasteiger partial charge < -0.3 is 8.92 Å². The molecule has 0 bridgehead atoms. The molecule has 22 heavy (non-hydrogen) atoms. The van der Waals surface area contributed by atoms with Gasteiger partial charge in [-0.3, -0.25) is 10.6 Å². The van der Waals surface area contributed by atoms with Crippen LogP contribution >= 0.6 is 12.2 Å². The smallest absolute Gasteiger partial charge is 0.181 e. The zero-order valence-electron chi connectivity index (χ0n) is 13.8. The number of hydrogen-bond donors (Lipinski definition) is 1. The lowest BCUT2D eigenvalue weighted by Crippen LogP contribution is -2.18. The molecule has 0 aliphatic heterocycles. The summed E-state index contributed by atoms with van der Waals surface area (Å²) in [4.78, 5) is 12.2. The van der Waals surface area contributed by atoms with Crippen LogP contribution in [0.3, 0.4) is 0 Å². The largest absolute Gasteiger partial charge is 0.493 e. The number of ether oxygens (including phenoxy) is 1. The zero-order valence-corrected chi connectivity index (χ0v) is 14.6. The number of Topliss-reactive ketones (excluding diaryl/α,β-unsaturated/α-hetero) is 1. The molecule has 0 aromatic heterocycles. The van der Waals surface area contributed by atoms with E-state index in [1.54, 1.807) is 14.2 Å². The summed E-state index contributed by atoms with van der Waals surface area (Å²) in [5.74, 6) is 7.05. The second kappa shape index (κ2) is 9.71. The van der Waals surface area contributed by atoms with Crippen molar-refractivity contribution in [1.82, 2.24) is 4.41 Å². The fourth-order valence-electron chi connectivity index (χ4n) is 2.04. The van der Waals surface area contributed by atoms with E-state index in [1.165, 1.54) is 4.41 Å². The molecule has 6 heteroatoms. The summed E-state index contributed by atoms with van der Waals surface area (Å²) in [7, 11) is 3.26. The molecule has 124 valence electrons. The highest BCUT2D eigenvalue weighted by atomic mass is 32.2.